The van der Waals surface area contributed by atoms with Crippen molar-refractivity contribution in [1.82, 2.24) is 0 Å². The highest BCUT2D eigenvalue weighted by molar-refractivity contribution is 5.31. The second kappa shape index (κ2) is 5.75. The molecule has 0 aromatic heterocycles. The molecule has 0 amide bonds. The number of ether oxygens (including phenoxy) is 2. The summed E-state index contributed by atoms with van der Waals surface area (Å²) in [6.45, 7) is 5.66. The van der Waals surface area contributed by atoms with Gasteiger partial charge in [0.1, 0.15) is 11.5 Å². The Balaban J connectivity index is 2.37. The Hall–Kier alpha value is -1.22. The third kappa shape index (κ3) is 4.11. The number of methoxy groups -OCH3 is 1. The average molecular weight is 223 g/mol. The lowest BCUT2D eigenvalue weighted by Crippen LogP contribution is -2.25. The SMILES string of the molecule is COc1ccc(OCCC(C)(C)CN)cc1. The Labute approximate surface area is 97.6 Å². The summed E-state index contributed by atoms with van der Waals surface area (Å²) in [7, 11) is 1.65. The van der Waals surface area contributed by atoms with Gasteiger partial charge in [0.2, 0.25) is 0 Å². The summed E-state index contributed by atoms with van der Waals surface area (Å²) in [5.41, 5.74) is 5.80. The Morgan fingerprint density at radius 1 is 1.12 bits per heavy atom. The van der Waals surface area contributed by atoms with Crippen LogP contribution in [0.1, 0.15) is 20.3 Å². The van der Waals surface area contributed by atoms with E-state index in [4.69, 9.17) is 15.2 Å². The van der Waals surface area contributed by atoms with E-state index in [1.54, 1.807) is 7.11 Å². The first-order valence-electron chi connectivity index (χ1n) is 5.54. The van der Waals surface area contributed by atoms with E-state index in [1.165, 1.54) is 0 Å². The van der Waals surface area contributed by atoms with Crippen molar-refractivity contribution in [3.05, 3.63) is 24.3 Å². The molecule has 0 aliphatic heterocycles. The van der Waals surface area contributed by atoms with Crippen molar-refractivity contribution >= 4 is 0 Å². The van der Waals surface area contributed by atoms with Crippen LogP contribution in [0.25, 0.3) is 0 Å². The summed E-state index contributed by atoms with van der Waals surface area (Å²) in [4.78, 5) is 0. The van der Waals surface area contributed by atoms with E-state index in [1.807, 2.05) is 24.3 Å². The van der Waals surface area contributed by atoms with E-state index >= 15 is 0 Å². The molecule has 3 heteroatoms. The van der Waals surface area contributed by atoms with E-state index in [-0.39, 0.29) is 5.41 Å². The van der Waals surface area contributed by atoms with Crippen LogP contribution in [0.15, 0.2) is 24.3 Å². The first-order valence-corrected chi connectivity index (χ1v) is 5.54. The summed E-state index contributed by atoms with van der Waals surface area (Å²) in [5, 5.41) is 0. The van der Waals surface area contributed by atoms with Crippen LogP contribution in [0.3, 0.4) is 0 Å². The molecule has 0 aliphatic carbocycles. The van der Waals surface area contributed by atoms with Crippen LogP contribution in [0.4, 0.5) is 0 Å². The van der Waals surface area contributed by atoms with E-state index in [2.05, 4.69) is 13.8 Å². The molecule has 0 heterocycles. The van der Waals surface area contributed by atoms with Gasteiger partial charge >= 0.3 is 0 Å². The fourth-order valence-corrected chi connectivity index (χ4v) is 1.22. The van der Waals surface area contributed by atoms with E-state index in [0.717, 1.165) is 17.9 Å². The van der Waals surface area contributed by atoms with Gasteiger partial charge in [0, 0.05) is 0 Å². The van der Waals surface area contributed by atoms with Gasteiger partial charge in [-0.3, -0.25) is 0 Å². The number of benzene rings is 1. The Kier molecular flexibility index (Phi) is 4.62. The lowest BCUT2D eigenvalue weighted by Gasteiger charge is -2.22. The zero-order valence-electron chi connectivity index (χ0n) is 10.3. The van der Waals surface area contributed by atoms with Gasteiger partial charge in [-0.1, -0.05) is 13.8 Å². The Morgan fingerprint density at radius 2 is 1.69 bits per heavy atom. The highest BCUT2D eigenvalue weighted by Crippen LogP contribution is 2.20. The second-order valence-electron chi connectivity index (χ2n) is 4.64. The van der Waals surface area contributed by atoms with Crippen molar-refractivity contribution < 1.29 is 9.47 Å². The minimum absolute atomic E-state index is 0.145. The summed E-state index contributed by atoms with van der Waals surface area (Å²) in [6.07, 6.45) is 0.954. The third-order valence-corrected chi connectivity index (χ3v) is 2.66. The van der Waals surface area contributed by atoms with E-state index in [0.29, 0.717) is 13.2 Å². The molecule has 0 saturated carbocycles. The van der Waals surface area contributed by atoms with Crippen molar-refractivity contribution in [2.45, 2.75) is 20.3 Å². The molecule has 0 atom stereocenters. The standard InChI is InChI=1S/C13H21NO2/c1-13(2,10-14)8-9-16-12-6-4-11(15-3)5-7-12/h4-7H,8-10,14H2,1-3H3. The maximum Gasteiger partial charge on any atom is 0.119 e. The third-order valence-electron chi connectivity index (χ3n) is 2.66. The fraction of sp³-hybridized carbons (Fsp3) is 0.538. The highest BCUT2D eigenvalue weighted by Gasteiger charge is 2.15. The minimum Gasteiger partial charge on any atom is -0.497 e. The predicted molar refractivity (Wildman–Crippen MR) is 65.9 cm³/mol. The lowest BCUT2D eigenvalue weighted by atomic mass is 9.90. The first kappa shape index (κ1) is 12.8. The molecular weight excluding hydrogens is 202 g/mol. The van der Waals surface area contributed by atoms with E-state index < -0.39 is 0 Å². The number of nitrogens with two attached hydrogens (primary N) is 1. The topological polar surface area (TPSA) is 44.5 Å². The zero-order chi connectivity index (χ0) is 12.0. The van der Waals surface area contributed by atoms with Crippen molar-refractivity contribution in [2.75, 3.05) is 20.3 Å². The maximum atomic E-state index is 5.65. The number of hydrogen-bond donors (Lipinski definition) is 1. The molecule has 0 radical (unpaired) electrons. The number of hydrogen-bond acceptors (Lipinski definition) is 3. The van der Waals surface area contributed by atoms with Crippen LogP contribution >= 0.6 is 0 Å². The maximum absolute atomic E-state index is 5.65. The normalized spacial score (nSPS) is 11.2. The molecule has 0 aliphatic rings. The lowest BCUT2D eigenvalue weighted by molar-refractivity contribution is 0.233. The first-order chi connectivity index (χ1) is 7.57. The van der Waals surface area contributed by atoms with Gasteiger partial charge in [-0.2, -0.15) is 0 Å². The summed E-state index contributed by atoms with van der Waals surface area (Å²) in [5.74, 6) is 1.71. The summed E-state index contributed by atoms with van der Waals surface area (Å²) < 4.78 is 10.7. The van der Waals surface area contributed by atoms with Gasteiger partial charge in [-0.25, -0.2) is 0 Å². The van der Waals surface area contributed by atoms with Crippen LogP contribution < -0.4 is 15.2 Å². The van der Waals surface area contributed by atoms with Crippen molar-refractivity contribution in [3.63, 3.8) is 0 Å². The summed E-state index contributed by atoms with van der Waals surface area (Å²) >= 11 is 0. The molecule has 90 valence electrons. The molecule has 0 bridgehead atoms. The smallest absolute Gasteiger partial charge is 0.119 e. The predicted octanol–water partition coefficient (Wildman–Crippen LogP) is 2.45. The molecular formula is C13H21NO2. The molecule has 1 aromatic carbocycles. The van der Waals surface area contributed by atoms with Crippen LogP contribution in [-0.2, 0) is 0 Å². The van der Waals surface area contributed by atoms with Gasteiger partial charge in [0.25, 0.3) is 0 Å². The fourth-order valence-electron chi connectivity index (χ4n) is 1.22. The monoisotopic (exact) mass is 223 g/mol. The molecule has 0 fully saturated rings. The number of rotatable bonds is 6. The molecule has 0 unspecified atom stereocenters. The molecule has 16 heavy (non-hydrogen) atoms. The summed E-state index contributed by atoms with van der Waals surface area (Å²) in [6, 6.07) is 7.61. The molecule has 2 N–H and O–H groups in total. The van der Waals surface area contributed by atoms with Gasteiger partial charge in [0.05, 0.1) is 13.7 Å². The van der Waals surface area contributed by atoms with Crippen molar-refractivity contribution in [1.29, 1.82) is 0 Å². The van der Waals surface area contributed by atoms with Gasteiger partial charge in [0.15, 0.2) is 0 Å². The highest BCUT2D eigenvalue weighted by atomic mass is 16.5. The Morgan fingerprint density at radius 3 is 2.19 bits per heavy atom. The zero-order valence-corrected chi connectivity index (χ0v) is 10.3. The quantitative estimate of drug-likeness (QED) is 0.805. The molecule has 0 spiro atoms. The largest absolute Gasteiger partial charge is 0.497 e. The molecule has 3 nitrogen and oxygen atoms in total. The van der Waals surface area contributed by atoms with Gasteiger partial charge < -0.3 is 15.2 Å². The van der Waals surface area contributed by atoms with Crippen molar-refractivity contribution in [3.8, 4) is 11.5 Å². The average Bonchev–Trinajstić information content (AvgIpc) is 2.30. The van der Waals surface area contributed by atoms with Crippen LogP contribution in [0.5, 0.6) is 11.5 Å². The minimum atomic E-state index is 0.145. The van der Waals surface area contributed by atoms with Crippen LogP contribution in [-0.4, -0.2) is 20.3 Å². The molecule has 1 rings (SSSR count). The second-order valence-corrected chi connectivity index (χ2v) is 4.64. The Bertz CT molecular complexity index is 306. The van der Waals surface area contributed by atoms with Gasteiger partial charge in [-0.05, 0) is 42.6 Å². The van der Waals surface area contributed by atoms with Gasteiger partial charge in [-0.15, -0.1) is 0 Å². The van der Waals surface area contributed by atoms with Crippen molar-refractivity contribution in [2.24, 2.45) is 11.1 Å². The van der Waals surface area contributed by atoms with E-state index in [9.17, 15) is 0 Å². The van der Waals surface area contributed by atoms with Crippen LogP contribution in [0.2, 0.25) is 0 Å². The molecule has 1 aromatic rings. The molecule has 0 saturated heterocycles. The van der Waals surface area contributed by atoms with Crippen LogP contribution in [0, 0.1) is 5.41 Å².